The summed E-state index contributed by atoms with van der Waals surface area (Å²) < 4.78 is 50.8. The topological polar surface area (TPSA) is 9.23 Å². The summed E-state index contributed by atoms with van der Waals surface area (Å²) in [6.45, 7) is 4.86. The first-order valence-corrected chi connectivity index (χ1v) is 18.0. The van der Waals surface area contributed by atoms with Crippen molar-refractivity contribution in [3.8, 4) is 28.0 Å². The third-order valence-corrected chi connectivity index (χ3v) is 10.8. The van der Waals surface area contributed by atoms with Gasteiger partial charge in [-0.25, -0.2) is 8.78 Å². The summed E-state index contributed by atoms with van der Waals surface area (Å²) in [6.07, 6.45) is 19.8. The van der Waals surface area contributed by atoms with Gasteiger partial charge in [-0.1, -0.05) is 108 Å². The average molecular weight is 619 g/mol. The van der Waals surface area contributed by atoms with Crippen molar-refractivity contribution in [3.63, 3.8) is 0 Å². The molecule has 3 aromatic rings. The maximum atomic E-state index is 15.4. The number of halogens is 3. The fourth-order valence-corrected chi connectivity index (χ4v) is 8.06. The van der Waals surface area contributed by atoms with Gasteiger partial charge in [0.15, 0.2) is 11.6 Å². The monoisotopic (exact) mass is 618 g/mol. The molecule has 0 heterocycles. The van der Waals surface area contributed by atoms with Crippen LogP contribution in [-0.2, 0) is 0 Å². The second-order valence-electron chi connectivity index (χ2n) is 13.9. The van der Waals surface area contributed by atoms with Gasteiger partial charge < -0.3 is 4.74 Å². The van der Waals surface area contributed by atoms with Gasteiger partial charge >= 0.3 is 0 Å². The van der Waals surface area contributed by atoms with Crippen molar-refractivity contribution in [2.24, 2.45) is 17.8 Å². The van der Waals surface area contributed by atoms with Crippen molar-refractivity contribution < 1.29 is 17.9 Å². The molecule has 0 aliphatic heterocycles. The number of benzene rings is 3. The first-order valence-electron chi connectivity index (χ1n) is 18.0. The van der Waals surface area contributed by atoms with Gasteiger partial charge in [0.2, 0.25) is 5.82 Å². The molecule has 2 saturated carbocycles. The molecular formula is C41H53F3O. The molecular weight excluding hydrogens is 565 g/mol. The van der Waals surface area contributed by atoms with Crippen LogP contribution in [0.3, 0.4) is 0 Å². The van der Waals surface area contributed by atoms with Gasteiger partial charge in [0.25, 0.3) is 0 Å². The highest BCUT2D eigenvalue weighted by Crippen LogP contribution is 2.45. The first-order chi connectivity index (χ1) is 22.0. The molecule has 0 amide bonds. The molecule has 0 bridgehead atoms. The molecule has 1 nitrogen and oxygen atoms in total. The van der Waals surface area contributed by atoms with Crippen molar-refractivity contribution in [2.75, 3.05) is 6.61 Å². The summed E-state index contributed by atoms with van der Waals surface area (Å²) in [7, 11) is 0. The molecule has 0 N–H and O–H groups in total. The Morgan fingerprint density at radius 2 is 1.20 bits per heavy atom. The SMILES string of the molecule is CCCCCCCCOc1ccc(-c2ccc(-c3ccc(C4CCC(C5CCC(CCC)CC5)CC4)cc3F)cc2)c(F)c1F. The molecule has 2 fully saturated rings. The second kappa shape index (κ2) is 16.7. The smallest absolute Gasteiger partial charge is 0.201 e. The Bertz CT molecular complexity index is 1330. The van der Waals surface area contributed by atoms with Gasteiger partial charge in [0, 0.05) is 11.1 Å². The Kier molecular flexibility index (Phi) is 12.5. The van der Waals surface area contributed by atoms with Crippen LogP contribution < -0.4 is 4.74 Å². The molecule has 244 valence electrons. The zero-order chi connectivity index (χ0) is 31.6. The van der Waals surface area contributed by atoms with Gasteiger partial charge in [-0.2, -0.15) is 4.39 Å². The zero-order valence-electron chi connectivity index (χ0n) is 27.6. The Morgan fingerprint density at radius 3 is 1.84 bits per heavy atom. The van der Waals surface area contributed by atoms with Crippen LogP contribution >= 0.6 is 0 Å². The lowest BCUT2D eigenvalue weighted by Crippen LogP contribution is -2.25. The zero-order valence-corrected chi connectivity index (χ0v) is 27.6. The lowest BCUT2D eigenvalue weighted by molar-refractivity contribution is 0.156. The Hall–Kier alpha value is -2.75. The van der Waals surface area contributed by atoms with Gasteiger partial charge in [0.1, 0.15) is 5.82 Å². The number of hydrogen-bond donors (Lipinski definition) is 0. The number of rotatable bonds is 14. The minimum absolute atomic E-state index is 0.0494. The van der Waals surface area contributed by atoms with E-state index in [-0.39, 0.29) is 17.1 Å². The summed E-state index contributed by atoms with van der Waals surface area (Å²) >= 11 is 0. The van der Waals surface area contributed by atoms with E-state index in [1.807, 2.05) is 6.07 Å². The summed E-state index contributed by atoms with van der Waals surface area (Å²) in [4.78, 5) is 0. The van der Waals surface area contributed by atoms with Gasteiger partial charge in [-0.05, 0) is 104 Å². The Balaban J connectivity index is 1.15. The van der Waals surface area contributed by atoms with Crippen LogP contribution in [0.15, 0.2) is 54.6 Å². The largest absolute Gasteiger partial charge is 0.490 e. The first kappa shape index (κ1) is 33.6. The van der Waals surface area contributed by atoms with Gasteiger partial charge in [-0.3, -0.25) is 0 Å². The van der Waals surface area contributed by atoms with E-state index in [1.54, 1.807) is 36.4 Å². The lowest BCUT2D eigenvalue weighted by Gasteiger charge is -2.38. The quantitative estimate of drug-likeness (QED) is 0.163. The maximum Gasteiger partial charge on any atom is 0.201 e. The molecule has 5 rings (SSSR count). The molecule has 0 atom stereocenters. The van der Waals surface area contributed by atoms with Crippen LogP contribution in [0.2, 0.25) is 0 Å². The number of ether oxygens (including phenoxy) is 1. The molecule has 3 aromatic carbocycles. The molecule has 2 aliphatic rings. The average Bonchev–Trinajstić information content (AvgIpc) is 3.07. The molecule has 2 aliphatic carbocycles. The number of unbranched alkanes of at least 4 members (excludes halogenated alkanes) is 5. The Morgan fingerprint density at radius 1 is 0.600 bits per heavy atom. The second-order valence-corrected chi connectivity index (χ2v) is 13.9. The van der Waals surface area contributed by atoms with Crippen molar-refractivity contribution >= 4 is 0 Å². The molecule has 0 unspecified atom stereocenters. The minimum atomic E-state index is -0.961. The summed E-state index contributed by atoms with van der Waals surface area (Å²) in [5.41, 5.74) is 3.09. The van der Waals surface area contributed by atoms with Crippen LogP contribution in [0, 0.1) is 35.2 Å². The van der Waals surface area contributed by atoms with E-state index >= 15 is 8.78 Å². The van der Waals surface area contributed by atoms with Crippen molar-refractivity contribution in [1.29, 1.82) is 0 Å². The molecule has 4 heteroatoms. The maximum absolute atomic E-state index is 15.4. The predicted molar refractivity (Wildman–Crippen MR) is 181 cm³/mol. The normalized spacial score (nSPS) is 22.0. The van der Waals surface area contributed by atoms with E-state index in [2.05, 4.69) is 19.9 Å². The summed E-state index contributed by atoms with van der Waals surface area (Å²) in [5, 5.41) is 0. The predicted octanol–water partition coefficient (Wildman–Crippen LogP) is 13.1. The van der Waals surface area contributed by atoms with Crippen molar-refractivity contribution in [2.45, 2.75) is 122 Å². The van der Waals surface area contributed by atoms with E-state index in [1.165, 1.54) is 76.7 Å². The van der Waals surface area contributed by atoms with Crippen LogP contribution in [0.25, 0.3) is 22.3 Å². The van der Waals surface area contributed by atoms with E-state index in [4.69, 9.17) is 4.74 Å². The van der Waals surface area contributed by atoms with Crippen LogP contribution in [0.5, 0.6) is 5.75 Å². The summed E-state index contributed by atoms with van der Waals surface area (Å²) in [6, 6.07) is 15.8. The standard InChI is InChI=1S/C41H53F3O/c1-3-5-6-7-8-9-27-45-39-26-25-37(40(43)41(39)44)34-21-19-33(20-22-34)36-24-23-35(28-38(36)42)32-17-15-31(16-18-32)30-13-11-29(10-4-2)12-14-30/h19-26,28-32H,3-18,27H2,1-2H3. The van der Waals surface area contributed by atoms with Crippen LogP contribution in [-0.4, -0.2) is 6.61 Å². The molecule has 0 saturated heterocycles. The van der Waals surface area contributed by atoms with Gasteiger partial charge in [-0.15, -0.1) is 0 Å². The molecule has 45 heavy (non-hydrogen) atoms. The molecule has 0 aromatic heterocycles. The lowest BCUT2D eigenvalue weighted by atomic mass is 9.68. The van der Waals surface area contributed by atoms with E-state index < -0.39 is 11.6 Å². The molecule has 0 radical (unpaired) electrons. The fraction of sp³-hybridized carbons (Fsp3) is 0.561. The van der Waals surface area contributed by atoms with Crippen molar-refractivity contribution in [1.82, 2.24) is 0 Å². The van der Waals surface area contributed by atoms with Crippen LogP contribution in [0.4, 0.5) is 13.2 Å². The highest BCUT2D eigenvalue weighted by Gasteiger charge is 2.31. The Labute approximate surface area is 270 Å². The van der Waals surface area contributed by atoms with E-state index in [9.17, 15) is 4.39 Å². The van der Waals surface area contributed by atoms with Crippen LogP contribution in [0.1, 0.15) is 128 Å². The van der Waals surface area contributed by atoms with E-state index in [0.29, 0.717) is 23.7 Å². The third-order valence-electron chi connectivity index (χ3n) is 10.8. The highest BCUT2D eigenvalue weighted by molar-refractivity contribution is 5.71. The number of hydrogen-bond acceptors (Lipinski definition) is 1. The van der Waals surface area contributed by atoms with E-state index in [0.717, 1.165) is 61.0 Å². The molecule has 0 spiro atoms. The van der Waals surface area contributed by atoms with Crippen molar-refractivity contribution in [3.05, 3.63) is 77.6 Å². The third kappa shape index (κ3) is 8.74. The fourth-order valence-electron chi connectivity index (χ4n) is 8.06. The van der Waals surface area contributed by atoms with Gasteiger partial charge in [0.05, 0.1) is 6.61 Å². The minimum Gasteiger partial charge on any atom is -0.490 e. The highest BCUT2D eigenvalue weighted by atomic mass is 19.2. The summed E-state index contributed by atoms with van der Waals surface area (Å²) in [5.74, 6) is 0.975.